The van der Waals surface area contributed by atoms with Crippen LogP contribution in [-0.2, 0) is 9.47 Å². The molecule has 0 spiro atoms. The number of allylic oxidation sites excluding steroid dienone is 1. The summed E-state index contributed by atoms with van der Waals surface area (Å²) in [4.78, 5) is 0. The van der Waals surface area contributed by atoms with E-state index in [-0.39, 0.29) is 12.2 Å². The van der Waals surface area contributed by atoms with E-state index in [4.69, 9.17) is 9.47 Å². The Morgan fingerprint density at radius 1 is 1.25 bits per heavy atom. The van der Waals surface area contributed by atoms with E-state index in [0.29, 0.717) is 6.61 Å². The Bertz CT molecular complexity index is 221. The fraction of sp³-hybridized carbons (Fsp3) is 0.714. The molecule has 2 heterocycles. The van der Waals surface area contributed by atoms with Crippen LogP contribution in [0.2, 0.25) is 0 Å². The predicted octanol–water partition coefficient (Wildman–Crippen LogP) is 4.08. The van der Waals surface area contributed by atoms with Crippen molar-refractivity contribution < 1.29 is 9.47 Å². The van der Waals surface area contributed by atoms with E-state index >= 15 is 0 Å². The Balaban J connectivity index is 0.000000394. The van der Waals surface area contributed by atoms with Crippen molar-refractivity contribution in [2.45, 2.75) is 59.2 Å². The van der Waals surface area contributed by atoms with Crippen molar-refractivity contribution >= 4 is 0 Å². The van der Waals surface area contributed by atoms with E-state index in [0.717, 1.165) is 24.2 Å². The SMILES string of the molecule is C=C1CCC2OCC(=C)C2O1.CC.CCC. The highest BCUT2D eigenvalue weighted by Gasteiger charge is 2.36. The summed E-state index contributed by atoms with van der Waals surface area (Å²) in [7, 11) is 0. The number of rotatable bonds is 0. The fourth-order valence-corrected chi connectivity index (χ4v) is 1.58. The molecule has 0 radical (unpaired) electrons. The Labute approximate surface area is 100 Å². The summed E-state index contributed by atoms with van der Waals surface area (Å²) < 4.78 is 11.0. The summed E-state index contributed by atoms with van der Waals surface area (Å²) in [5, 5.41) is 0. The third-order valence-corrected chi connectivity index (χ3v) is 2.22. The van der Waals surface area contributed by atoms with Gasteiger partial charge in [-0.1, -0.05) is 47.3 Å². The molecule has 2 atom stereocenters. The first-order valence-corrected chi connectivity index (χ1v) is 6.32. The summed E-state index contributed by atoms with van der Waals surface area (Å²) >= 11 is 0. The first-order valence-electron chi connectivity index (χ1n) is 6.32. The van der Waals surface area contributed by atoms with Crippen LogP contribution in [0.1, 0.15) is 47.0 Å². The lowest BCUT2D eigenvalue weighted by molar-refractivity contribution is -0.00684. The normalized spacial score (nSPS) is 26.8. The summed E-state index contributed by atoms with van der Waals surface area (Å²) in [6, 6.07) is 0. The largest absolute Gasteiger partial charge is 0.488 e. The lowest BCUT2D eigenvalue weighted by Gasteiger charge is -2.26. The molecular weight excluding hydrogens is 200 g/mol. The summed E-state index contributed by atoms with van der Waals surface area (Å²) in [5.74, 6) is 0.873. The smallest absolute Gasteiger partial charge is 0.147 e. The molecular formula is C14H26O2. The maximum absolute atomic E-state index is 5.50. The van der Waals surface area contributed by atoms with Crippen molar-refractivity contribution in [1.29, 1.82) is 0 Å². The molecule has 94 valence electrons. The third-order valence-electron chi connectivity index (χ3n) is 2.22. The summed E-state index contributed by atoms with van der Waals surface area (Å²) in [5.41, 5.74) is 1.05. The minimum absolute atomic E-state index is 0.0937. The summed E-state index contributed by atoms with van der Waals surface area (Å²) in [6.07, 6.45) is 3.54. The average Bonchev–Trinajstić information content (AvgIpc) is 2.64. The lowest BCUT2D eigenvalue weighted by Crippen LogP contribution is -2.29. The molecule has 0 bridgehead atoms. The summed E-state index contributed by atoms with van der Waals surface area (Å²) in [6.45, 7) is 16.6. The molecule has 0 aromatic carbocycles. The molecule has 0 N–H and O–H groups in total. The van der Waals surface area contributed by atoms with Crippen molar-refractivity contribution in [2.24, 2.45) is 0 Å². The second kappa shape index (κ2) is 8.40. The van der Waals surface area contributed by atoms with Gasteiger partial charge in [0.05, 0.1) is 18.5 Å². The number of hydrogen-bond acceptors (Lipinski definition) is 2. The van der Waals surface area contributed by atoms with Crippen LogP contribution in [0, 0.1) is 0 Å². The molecule has 2 fully saturated rings. The van der Waals surface area contributed by atoms with Gasteiger partial charge in [0.2, 0.25) is 0 Å². The number of fused-ring (bicyclic) bond motifs is 1. The molecule has 2 heteroatoms. The quantitative estimate of drug-likeness (QED) is 0.579. The highest BCUT2D eigenvalue weighted by Crippen LogP contribution is 2.32. The van der Waals surface area contributed by atoms with Crippen LogP contribution in [0.15, 0.2) is 24.5 Å². The van der Waals surface area contributed by atoms with Crippen molar-refractivity contribution in [1.82, 2.24) is 0 Å². The molecule has 0 aromatic rings. The van der Waals surface area contributed by atoms with Gasteiger partial charge in [0.15, 0.2) is 0 Å². The van der Waals surface area contributed by atoms with E-state index < -0.39 is 0 Å². The Hall–Kier alpha value is -0.760. The fourth-order valence-electron chi connectivity index (χ4n) is 1.58. The van der Waals surface area contributed by atoms with Crippen molar-refractivity contribution in [2.75, 3.05) is 6.61 Å². The van der Waals surface area contributed by atoms with Crippen molar-refractivity contribution in [3.8, 4) is 0 Å². The first kappa shape index (κ1) is 15.2. The monoisotopic (exact) mass is 226 g/mol. The maximum Gasteiger partial charge on any atom is 0.147 e. The Morgan fingerprint density at radius 3 is 2.38 bits per heavy atom. The van der Waals surface area contributed by atoms with Crippen molar-refractivity contribution in [3.05, 3.63) is 24.5 Å². The standard InChI is InChI=1S/C9H12O2.C3H8.C2H6/c1-6-5-10-8-4-3-7(2)11-9(6)8;1-3-2;1-2/h8-9H,1-5H2;3H2,1-2H3;1-2H3. The zero-order chi connectivity index (χ0) is 12.6. The molecule has 2 saturated heterocycles. The zero-order valence-corrected chi connectivity index (χ0v) is 11.2. The lowest BCUT2D eigenvalue weighted by atomic mass is 10.0. The molecule has 2 nitrogen and oxygen atoms in total. The highest BCUT2D eigenvalue weighted by molar-refractivity contribution is 5.14. The second-order valence-electron chi connectivity index (χ2n) is 3.83. The molecule has 2 aliphatic heterocycles. The third kappa shape index (κ3) is 4.40. The van der Waals surface area contributed by atoms with Gasteiger partial charge in [-0.2, -0.15) is 0 Å². The molecule has 0 amide bonds. The van der Waals surface area contributed by atoms with E-state index in [2.05, 4.69) is 27.0 Å². The van der Waals surface area contributed by atoms with Gasteiger partial charge in [0.25, 0.3) is 0 Å². The van der Waals surface area contributed by atoms with Gasteiger partial charge < -0.3 is 9.47 Å². The Kier molecular flexibility index (Phi) is 8.00. The van der Waals surface area contributed by atoms with Gasteiger partial charge >= 0.3 is 0 Å². The van der Waals surface area contributed by atoms with Crippen LogP contribution in [0.4, 0.5) is 0 Å². The molecule has 16 heavy (non-hydrogen) atoms. The van der Waals surface area contributed by atoms with Crippen LogP contribution >= 0.6 is 0 Å². The zero-order valence-electron chi connectivity index (χ0n) is 11.2. The van der Waals surface area contributed by atoms with E-state index in [1.165, 1.54) is 6.42 Å². The predicted molar refractivity (Wildman–Crippen MR) is 69.4 cm³/mol. The van der Waals surface area contributed by atoms with Gasteiger partial charge in [-0.05, 0) is 12.0 Å². The molecule has 0 saturated carbocycles. The van der Waals surface area contributed by atoms with Gasteiger partial charge in [0, 0.05) is 6.42 Å². The van der Waals surface area contributed by atoms with Gasteiger partial charge in [-0.25, -0.2) is 0 Å². The van der Waals surface area contributed by atoms with Gasteiger partial charge in [-0.3, -0.25) is 0 Å². The van der Waals surface area contributed by atoms with Crippen molar-refractivity contribution in [3.63, 3.8) is 0 Å². The van der Waals surface area contributed by atoms with Gasteiger partial charge in [-0.15, -0.1) is 0 Å². The minimum Gasteiger partial charge on any atom is -0.488 e. The van der Waals surface area contributed by atoms with Crippen LogP contribution in [-0.4, -0.2) is 18.8 Å². The average molecular weight is 226 g/mol. The van der Waals surface area contributed by atoms with E-state index in [9.17, 15) is 0 Å². The van der Waals surface area contributed by atoms with Crippen LogP contribution < -0.4 is 0 Å². The van der Waals surface area contributed by atoms with Gasteiger partial charge in [0.1, 0.15) is 6.10 Å². The highest BCUT2D eigenvalue weighted by atomic mass is 16.6. The van der Waals surface area contributed by atoms with Crippen LogP contribution in [0.25, 0.3) is 0 Å². The van der Waals surface area contributed by atoms with Crippen LogP contribution in [0.3, 0.4) is 0 Å². The number of hydrogen-bond donors (Lipinski definition) is 0. The molecule has 0 aromatic heterocycles. The molecule has 2 rings (SSSR count). The Morgan fingerprint density at radius 2 is 1.81 bits per heavy atom. The maximum atomic E-state index is 5.50. The molecule has 2 aliphatic rings. The molecule has 2 unspecified atom stereocenters. The first-order chi connectivity index (χ1) is 7.69. The van der Waals surface area contributed by atoms with Crippen LogP contribution in [0.5, 0.6) is 0 Å². The van der Waals surface area contributed by atoms with E-state index in [1.54, 1.807) is 0 Å². The minimum atomic E-state index is 0.0937. The van der Waals surface area contributed by atoms with E-state index in [1.807, 2.05) is 13.8 Å². The number of ether oxygens (including phenoxy) is 2. The molecule has 0 aliphatic carbocycles. The topological polar surface area (TPSA) is 18.5 Å². The second-order valence-corrected chi connectivity index (χ2v) is 3.83.